The van der Waals surface area contributed by atoms with Crippen LogP contribution in [0, 0.1) is 5.92 Å². The van der Waals surface area contributed by atoms with Crippen LogP contribution in [0.4, 0.5) is 0 Å². The van der Waals surface area contributed by atoms with Crippen molar-refractivity contribution < 1.29 is 24.2 Å². The summed E-state index contributed by atoms with van der Waals surface area (Å²) in [6.07, 6.45) is 3.65. The molecular formula is C35H36Cl2N6O5. The van der Waals surface area contributed by atoms with E-state index in [-0.39, 0.29) is 17.9 Å². The zero-order chi connectivity index (χ0) is 33.8. The molecule has 2 aromatic carbocycles. The maximum Gasteiger partial charge on any atom is 0.307 e. The van der Waals surface area contributed by atoms with E-state index >= 15 is 0 Å². The van der Waals surface area contributed by atoms with E-state index < -0.39 is 5.97 Å². The monoisotopic (exact) mass is 690 g/mol. The number of aliphatic carboxylic acids is 1. The molecule has 0 unspecified atom stereocenters. The molecule has 0 aliphatic carbocycles. The van der Waals surface area contributed by atoms with Crippen LogP contribution in [0.25, 0.3) is 33.6 Å². The molecule has 11 nitrogen and oxygen atoms in total. The first kappa shape index (κ1) is 33.6. The molecule has 0 radical (unpaired) electrons. The summed E-state index contributed by atoms with van der Waals surface area (Å²) in [5.41, 5.74) is 5.53. The fraction of sp³-hybridized carbons (Fsp3) is 0.343. The van der Waals surface area contributed by atoms with Crippen LogP contribution >= 0.6 is 23.2 Å². The molecule has 250 valence electrons. The fourth-order valence-electron chi connectivity index (χ4n) is 6.21. The Hall–Kier alpha value is -4.29. The number of carboxylic acids is 1. The Morgan fingerprint density at radius 3 is 2.25 bits per heavy atom. The van der Waals surface area contributed by atoms with E-state index in [0.29, 0.717) is 90.0 Å². The van der Waals surface area contributed by atoms with E-state index in [1.165, 1.54) is 7.11 Å². The maximum absolute atomic E-state index is 11.5. The summed E-state index contributed by atoms with van der Waals surface area (Å²) in [5.74, 6) is -0.227. The van der Waals surface area contributed by atoms with Crippen molar-refractivity contribution in [3.63, 3.8) is 0 Å². The quantitative estimate of drug-likeness (QED) is 0.175. The van der Waals surface area contributed by atoms with Gasteiger partial charge in [-0.2, -0.15) is 0 Å². The third-order valence-electron chi connectivity index (χ3n) is 8.76. The second-order valence-corrected chi connectivity index (χ2v) is 12.7. The molecule has 6 rings (SSSR count). The number of ether oxygens (including phenoxy) is 2. The minimum Gasteiger partial charge on any atom is -0.481 e. The zero-order valence-corrected chi connectivity index (χ0v) is 28.1. The van der Waals surface area contributed by atoms with Crippen molar-refractivity contribution in [2.24, 2.45) is 5.92 Å². The SMILES string of the molecule is COc1nc(-c2cccc(-c3cccc(-c4cnc(CN5CC[C@H](C(=O)O)C5)c(OC)n4)c3Cl)c2Cl)ccc1CNC[C@@H]1CCC(=O)N1. The molecule has 2 aliphatic rings. The standard InChI is InChI=1S/C35H36Cl2N6O5/c1-47-33-20(15-38-16-22-10-12-30(44)40-22)9-11-27(41-33)25-7-3-5-23(31(25)36)24-6-4-8-26(32(24)37)28-17-39-29(34(42-28)48-2)19-43-14-13-21(18-43)35(45)46/h3-9,11,17,21-22,38H,10,12-16,18-19H2,1-2H3,(H,40,44)(H,45,46)/t21-,22-/m0/s1. The molecule has 2 fully saturated rings. The van der Waals surface area contributed by atoms with E-state index in [0.717, 1.165) is 28.7 Å². The topological polar surface area (TPSA) is 139 Å². The number of halogens is 2. The van der Waals surface area contributed by atoms with Gasteiger partial charge in [-0.25, -0.2) is 9.97 Å². The second-order valence-electron chi connectivity index (χ2n) is 11.9. The summed E-state index contributed by atoms with van der Waals surface area (Å²) in [7, 11) is 3.12. The van der Waals surface area contributed by atoms with Gasteiger partial charge in [0.25, 0.3) is 0 Å². The summed E-state index contributed by atoms with van der Waals surface area (Å²) in [5, 5.41) is 16.6. The number of hydrogen-bond donors (Lipinski definition) is 3. The van der Waals surface area contributed by atoms with Crippen LogP contribution in [0.3, 0.4) is 0 Å². The fourth-order valence-corrected chi connectivity index (χ4v) is 6.86. The van der Waals surface area contributed by atoms with Gasteiger partial charge in [0, 0.05) is 66.5 Å². The zero-order valence-electron chi connectivity index (χ0n) is 26.6. The number of pyridine rings is 1. The molecule has 3 N–H and O–H groups in total. The molecule has 4 aromatic rings. The van der Waals surface area contributed by atoms with Gasteiger partial charge in [0.15, 0.2) is 0 Å². The van der Waals surface area contributed by atoms with Crippen molar-refractivity contribution >= 4 is 35.1 Å². The van der Waals surface area contributed by atoms with E-state index in [1.807, 2.05) is 53.4 Å². The average Bonchev–Trinajstić information content (AvgIpc) is 3.74. The largest absolute Gasteiger partial charge is 0.481 e. The molecule has 0 spiro atoms. The van der Waals surface area contributed by atoms with Crippen molar-refractivity contribution in [2.45, 2.75) is 38.4 Å². The van der Waals surface area contributed by atoms with Crippen LogP contribution in [0.1, 0.15) is 30.5 Å². The molecule has 48 heavy (non-hydrogen) atoms. The Bertz CT molecular complexity index is 1840. The lowest BCUT2D eigenvalue weighted by atomic mass is 9.98. The average molecular weight is 692 g/mol. The van der Waals surface area contributed by atoms with Crippen molar-refractivity contribution in [3.8, 4) is 45.4 Å². The highest BCUT2D eigenvalue weighted by atomic mass is 35.5. The molecule has 0 saturated carbocycles. The minimum absolute atomic E-state index is 0.0910. The minimum atomic E-state index is -0.781. The van der Waals surface area contributed by atoms with Gasteiger partial charge in [-0.15, -0.1) is 0 Å². The Balaban J connectivity index is 1.23. The maximum atomic E-state index is 11.5. The summed E-state index contributed by atoms with van der Waals surface area (Å²) in [4.78, 5) is 39.1. The number of carboxylic acid groups (broad SMARTS) is 1. The number of carbonyl (C=O) groups excluding carboxylic acids is 1. The van der Waals surface area contributed by atoms with Gasteiger partial charge in [-0.3, -0.25) is 19.5 Å². The van der Waals surface area contributed by atoms with Gasteiger partial charge in [-0.1, -0.05) is 65.7 Å². The van der Waals surface area contributed by atoms with E-state index in [1.54, 1.807) is 13.3 Å². The number of amides is 1. The number of nitrogens with one attached hydrogen (secondary N) is 2. The van der Waals surface area contributed by atoms with Crippen molar-refractivity contribution in [2.75, 3.05) is 33.9 Å². The lowest BCUT2D eigenvalue weighted by molar-refractivity contribution is -0.141. The predicted molar refractivity (Wildman–Crippen MR) is 183 cm³/mol. The second kappa shape index (κ2) is 14.9. The van der Waals surface area contributed by atoms with Crippen molar-refractivity contribution in [1.82, 2.24) is 30.5 Å². The summed E-state index contributed by atoms with van der Waals surface area (Å²) >= 11 is 14.1. The highest BCUT2D eigenvalue weighted by Gasteiger charge is 2.29. The molecule has 13 heteroatoms. The van der Waals surface area contributed by atoms with Gasteiger partial charge in [0.05, 0.1) is 47.8 Å². The van der Waals surface area contributed by atoms with E-state index in [2.05, 4.69) is 15.6 Å². The molecule has 1 amide bonds. The summed E-state index contributed by atoms with van der Waals surface area (Å²) in [6.45, 7) is 2.77. The van der Waals surface area contributed by atoms with Gasteiger partial charge < -0.3 is 25.2 Å². The Morgan fingerprint density at radius 1 is 0.958 bits per heavy atom. The van der Waals surface area contributed by atoms with Crippen LogP contribution in [0.5, 0.6) is 11.8 Å². The number of methoxy groups -OCH3 is 2. The number of carbonyl (C=O) groups is 2. The van der Waals surface area contributed by atoms with Gasteiger partial charge in [-0.05, 0) is 25.5 Å². The molecule has 4 heterocycles. The normalized spacial score (nSPS) is 17.8. The third-order valence-corrected chi connectivity index (χ3v) is 9.58. The van der Waals surface area contributed by atoms with Gasteiger partial charge in [0.2, 0.25) is 17.7 Å². The number of rotatable bonds is 12. The number of nitrogens with zero attached hydrogens (tertiary/aromatic N) is 4. The van der Waals surface area contributed by atoms with Crippen LogP contribution in [0.15, 0.2) is 54.7 Å². The first-order chi connectivity index (χ1) is 23.2. The molecule has 0 bridgehead atoms. The smallest absolute Gasteiger partial charge is 0.307 e. The van der Waals surface area contributed by atoms with Gasteiger partial charge >= 0.3 is 5.97 Å². The highest BCUT2D eigenvalue weighted by Crippen LogP contribution is 2.42. The Kier molecular flexibility index (Phi) is 10.4. The van der Waals surface area contributed by atoms with Crippen molar-refractivity contribution in [3.05, 3.63) is 76.0 Å². The van der Waals surface area contributed by atoms with E-state index in [4.69, 9.17) is 42.6 Å². The van der Waals surface area contributed by atoms with Crippen LogP contribution in [-0.4, -0.2) is 76.7 Å². The number of hydrogen-bond acceptors (Lipinski definition) is 9. The third kappa shape index (κ3) is 7.24. The van der Waals surface area contributed by atoms with Crippen LogP contribution in [-0.2, 0) is 22.7 Å². The van der Waals surface area contributed by atoms with E-state index in [9.17, 15) is 14.7 Å². The summed E-state index contributed by atoms with van der Waals surface area (Å²) in [6, 6.07) is 15.4. The molecule has 2 saturated heterocycles. The highest BCUT2D eigenvalue weighted by molar-refractivity contribution is 6.39. The van der Waals surface area contributed by atoms with Gasteiger partial charge in [0.1, 0.15) is 5.69 Å². The lowest BCUT2D eigenvalue weighted by Gasteiger charge is -2.17. The number of aromatic nitrogens is 3. The summed E-state index contributed by atoms with van der Waals surface area (Å²) < 4.78 is 11.2. The molecular weight excluding hydrogens is 655 g/mol. The Morgan fingerprint density at radius 2 is 1.62 bits per heavy atom. The Labute approximate surface area is 288 Å². The van der Waals surface area contributed by atoms with Crippen molar-refractivity contribution in [1.29, 1.82) is 0 Å². The number of likely N-dealkylation sites (tertiary alicyclic amines) is 1. The lowest BCUT2D eigenvalue weighted by Crippen LogP contribution is -2.35. The molecule has 2 aromatic heterocycles. The first-order valence-corrected chi connectivity index (χ1v) is 16.5. The first-order valence-electron chi connectivity index (χ1n) is 15.7. The predicted octanol–water partition coefficient (Wildman–Crippen LogP) is 5.47. The molecule has 2 atom stereocenters. The van der Waals surface area contributed by atoms with Crippen LogP contribution in [0.2, 0.25) is 10.0 Å². The molecule has 2 aliphatic heterocycles. The number of benzene rings is 2. The van der Waals surface area contributed by atoms with Crippen LogP contribution < -0.4 is 20.1 Å².